The second kappa shape index (κ2) is 6.72. The molecule has 0 spiro atoms. The SMILES string of the molecule is COC(=O)C(CC(C)C)NC(=O)c1c[nH]ccc1=O. The Kier molecular flexibility index (Phi) is 5.29. The quantitative estimate of drug-likeness (QED) is 0.767. The van der Waals surface area contributed by atoms with Gasteiger partial charge in [0, 0.05) is 18.5 Å². The Balaban J connectivity index is 2.85. The largest absolute Gasteiger partial charge is 0.467 e. The number of carbonyl (C=O) groups is 2. The first kappa shape index (κ1) is 14.9. The number of nitrogens with one attached hydrogen (secondary N) is 2. The molecule has 1 aromatic rings. The zero-order valence-electron chi connectivity index (χ0n) is 11.2. The maximum absolute atomic E-state index is 11.9. The Morgan fingerprint density at radius 1 is 1.42 bits per heavy atom. The molecule has 0 aromatic carbocycles. The molecule has 6 heteroatoms. The van der Waals surface area contributed by atoms with Crippen molar-refractivity contribution in [1.82, 2.24) is 10.3 Å². The van der Waals surface area contributed by atoms with Crippen molar-refractivity contribution in [1.29, 1.82) is 0 Å². The first-order valence-electron chi connectivity index (χ1n) is 6.01. The maximum Gasteiger partial charge on any atom is 0.328 e. The fourth-order valence-electron chi connectivity index (χ4n) is 1.66. The molecular formula is C13H18N2O4. The van der Waals surface area contributed by atoms with Crippen LogP contribution in [0.2, 0.25) is 0 Å². The lowest BCUT2D eigenvalue weighted by Gasteiger charge is -2.18. The molecule has 0 aliphatic heterocycles. The van der Waals surface area contributed by atoms with Crippen molar-refractivity contribution >= 4 is 11.9 Å². The lowest BCUT2D eigenvalue weighted by atomic mass is 10.0. The van der Waals surface area contributed by atoms with E-state index < -0.39 is 23.3 Å². The molecule has 1 aromatic heterocycles. The van der Waals surface area contributed by atoms with Gasteiger partial charge < -0.3 is 15.0 Å². The minimum Gasteiger partial charge on any atom is -0.467 e. The summed E-state index contributed by atoms with van der Waals surface area (Å²) in [5, 5.41) is 2.52. The molecule has 1 unspecified atom stereocenters. The van der Waals surface area contributed by atoms with Crippen LogP contribution in [-0.2, 0) is 9.53 Å². The summed E-state index contributed by atoms with van der Waals surface area (Å²) >= 11 is 0. The molecule has 0 aliphatic rings. The summed E-state index contributed by atoms with van der Waals surface area (Å²) in [6.45, 7) is 3.86. The molecule has 0 saturated heterocycles. The number of hydrogen-bond donors (Lipinski definition) is 2. The molecule has 1 heterocycles. The van der Waals surface area contributed by atoms with Crippen LogP contribution in [0.5, 0.6) is 0 Å². The third-order valence-electron chi connectivity index (χ3n) is 2.57. The minimum absolute atomic E-state index is 0.0276. The Morgan fingerprint density at radius 3 is 2.63 bits per heavy atom. The van der Waals surface area contributed by atoms with Crippen molar-refractivity contribution < 1.29 is 14.3 Å². The van der Waals surface area contributed by atoms with Gasteiger partial charge in [-0.15, -0.1) is 0 Å². The molecule has 104 valence electrons. The molecule has 1 atom stereocenters. The van der Waals surface area contributed by atoms with E-state index in [0.29, 0.717) is 6.42 Å². The van der Waals surface area contributed by atoms with Crippen LogP contribution in [-0.4, -0.2) is 30.0 Å². The van der Waals surface area contributed by atoms with Crippen LogP contribution in [0.3, 0.4) is 0 Å². The van der Waals surface area contributed by atoms with Gasteiger partial charge in [-0.25, -0.2) is 4.79 Å². The number of carbonyl (C=O) groups excluding carboxylic acids is 2. The average Bonchev–Trinajstić information content (AvgIpc) is 2.36. The zero-order valence-corrected chi connectivity index (χ0v) is 11.2. The molecule has 0 fully saturated rings. The van der Waals surface area contributed by atoms with Gasteiger partial charge in [-0.3, -0.25) is 9.59 Å². The highest BCUT2D eigenvalue weighted by atomic mass is 16.5. The lowest BCUT2D eigenvalue weighted by Crippen LogP contribution is -2.43. The van der Waals surface area contributed by atoms with Gasteiger partial charge >= 0.3 is 5.97 Å². The summed E-state index contributed by atoms with van der Waals surface area (Å²) < 4.78 is 4.64. The van der Waals surface area contributed by atoms with Gasteiger partial charge in [-0.05, 0) is 12.3 Å². The molecule has 0 radical (unpaired) electrons. The molecule has 1 amide bonds. The van der Waals surface area contributed by atoms with Gasteiger partial charge in [-0.1, -0.05) is 13.8 Å². The minimum atomic E-state index is -0.753. The number of aromatic nitrogens is 1. The molecule has 2 N–H and O–H groups in total. The van der Waals surface area contributed by atoms with Crippen LogP contribution in [0, 0.1) is 5.92 Å². The van der Waals surface area contributed by atoms with Crippen molar-refractivity contribution in [2.45, 2.75) is 26.3 Å². The highest BCUT2D eigenvalue weighted by molar-refractivity contribution is 5.96. The van der Waals surface area contributed by atoms with Crippen LogP contribution in [0.25, 0.3) is 0 Å². The van der Waals surface area contributed by atoms with Gasteiger partial charge in [0.2, 0.25) is 0 Å². The van der Waals surface area contributed by atoms with E-state index >= 15 is 0 Å². The number of aromatic amines is 1. The second-order valence-electron chi connectivity index (χ2n) is 4.60. The Hall–Kier alpha value is -2.11. The van der Waals surface area contributed by atoms with E-state index in [9.17, 15) is 14.4 Å². The van der Waals surface area contributed by atoms with Gasteiger partial charge in [0.25, 0.3) is 5.91 Å². The first-order chi connectivity index (χ1) is 8.95. The van der Waals surface area contributed by atoms with E-state index in [4.69, 9.17) is 0 Å². The number of amides is 1. The van der Waals surface area contributed by atoms with Gasteiger partial charge in [0.1, 0.15) is 11.6 Å². The summed E-state index contributed by atoms with van der Waals surface area (Å²) in [6.07, 6.45) is 3.19. The van der Waals surface area contributed by atoms with E-state index in [-0.39, 0.29) is 11.5 Å². The highest BCUT2D eigenvalue weighted by Gasteiger charge is 2.23. The summed E-state index contributed by atoms with van der Waals surface area (Å²) in [5.41, 5.74) is -0.426. The van der Waals surface area contributed by atoms with E-state index in [1.165, 1.54) is 25.6 Å². The fraction of sp³-hybridized carbons (Fsp3) is 0.462. The molecule has 0 saturated carbocycles. The van der Waals surface area contributed by atoms with Gasteiger partial charge in [-0.2, -0.15) is 0 Å². The predicted molar refractivity (Wildman–Crippen MR) is 69.8 cm³/mol. The van der Waals surface area contributed by atoms with Crippen LogP contribution < -0.4 is 10.7 Å². The van der Waals surface area contributed by atoms with Crippen molar-refractivity contribution in [3.63, 3.8) is 0 Å². The van der Waals surface area contributed by atoms with Crippen LogP contribution in [0.15, 0.2) is 23.3 Å². The summed E-state index contributed by atoms with van der Waals surface area (Å²) in [6, 6.07) is 0.502. The van der Waals surface area contributed by atoms with Crippen molar-refractivity contribution in [3.8, 4) is 0 Å². The fourth-order valence-corrected chi connectivity index (χ4v) is 1.66. The summed E-state index contributed by atoms with van der Waals surface area (Å²) in [4.78, 5) is 37.7. The number of ether oxygens (including phenoxy) is 1. The summed E-state index contributed by atoms with van der Waals surface area (Å²) in [7, 11) is 1.26. The van der Waals surface area contributed by atoms with E-state index in [1.54, 1.807) is 0 Å². The number of H-pyrrole nitrogens is 1. The van der Waals surface area contributed by atoms with E-state index in [0.717, 1.165) is 0 Å². The number of methoxy groups -OCH3 is 1. The first-order valence-corrected chi connectivity index (χ1v) is 6.01. The molecule has 1 rings (SSSR count). The maximum atomic E-state index is 11.9. The number of pyridine rings is 1. The second-order valence-corrected chi connectivity index (χ2v) is 4.60. The van der Waals surface area contributed by atoms with E-state index in [2.05, 4.69) is 15.0 Å². The zero-order chi connectivity index (χ0) is 14.4. The smallest absolute Gasteiger partial charge is 0.328 e. The predicted octanol–water partition coefficient (Wildman–Crippen LogP) is 0.692. The van der Waals surface area contributed by atoms with Crippen LogP contribution in [0.1, 0.15) is 30.6 Å². The molecule has 0 bridgehead atoms. The van der Waals surface area contributed by atoms with Gasteiger partial charge in [0.15, 0.2) is 5.43 Å². The summed E-state index contributed by atoms with van der Waals surface area (Å²) in [5.74, 6) is -0.897. The molecular weight excluding hydrogens is 248 g/mol. The number of hydrogen-bond acceptors (Lipinski definition) is 4. The van der Waals surface area contributed by atoms with Crippen LogP contribution in [0.4, 0.5) is 0 Å². The third kappa shape index (κ3) is 4.24. The standard InChI is InChI=1S/C13H18N2O4/c1-8(2)6-10(13(18)19-3)15-12(17)9-7-14-5-4-11(9)16/h4-5,7-8,10H,6H2,1-3H3,(H,14,16)(H,15,17). The third-order valence-corrected chi connectivity index (χ3v) is 2.57. The van der Waals surface area contributed by atoms with Crippen molar-refractivity contribution in [2.24, 2.45) is 5.92 Å². The molecule has 6 nitrogen and oxygen atoms in total. The lowest BCUT2D eigenvalue weighted by molar-refractivity contribution is -0.143. The van der Waals surface area contributed by atoms with Crippen LogP contribution >= 0.6 is 0 Å². The Morgan fingerprint density at radius 2 is 2.11 bits per heavy atom. The average molecular weight is 266 g/mol. The molecule has 19 heavy (non-hydrogen) atoms. The molecule has 0 aliphatic carbocycles. The number of rotatable bonds is 5. The Labute approximate surface area is 111 Å². The van der Waals surface area contributed by atoms with Gasteiger partial charge in [0.05, 0.1) is 7.11 Å². The van der Waals surface area contributed by atoms with E-state index in [1.807, 2.05) is 13.8 Å². The van der Waals surface area contributed by atoms with Crippen molar-refractivity contribution in [2.75, 3.05) is 7.11 Å². The normalized spacial score (nSPS) is 12.0. The number of esters is 1. The highest BCUT2D eigenvalue weighted by Crippen LogP contribution is 2.06. The van der Waals surface area contributed by atoms with Crippen molar-refractivity contribution in [3.05, 3.63) is 34.2 Å². The Bertz CT molecular complexity index is 507. The monoisotopic (exact) mass is 266 g/mol. The topological polar surface area (TPSA) is 88.3 Å².